The van der Waals surface area contributed by atoms with E-state index in [2.05, 4.69) is 4.18 Å². The Morgan fingerprint density at radius 2 is 1.43 bits per heavy atom. The third-order valence-electron chi connectivity index (χ3n) is 2.29. The van der Waals surface area contributed by atoms with Crippen LogP contribution in [0.5, 0.6) is 11.5 Å². The zero-order valence-electron chi connectivity index (χ0n) is 11.9. The van der Waals surface area contributed by atoms with Gasteiger partial charge in [0.1, 0.15) is 18.1 Å². The maximum absolute atomic E-state index is 10.4. The minimum absolute atomic E-state index is 0.299. The first-order chi connectivity index (χ1) is 10.2. The van der Waals surface area contributed by atoms with Gasteiger partial charge in [0.2, 0.25) is 0 Å². The molecule has 0 saturated heterocycles. The predicted molar refractivity (Wildman–Crippen MR) is 76.9 cm³/mol. The molecule has 0 bridgehead atoms. The van der Waals surface area contributed by atoms with Gasteiger partial charge in [-0.05, 0) is 24.3 Å². The Morgan fingerprint density at radius 3 is 2.00 bits per heavy atom. The third-order valence-corrected chi connectivity index (χ3v) is 2.63. The molecule has 0 radical (unpaired) electrons. The fraction of sp³-hybridized carbons (Fsp3) is 0.538. The van der Waals surface area contributed by atoms with Crippen molar-refractivity contribution in [3.05, 3.63) is 24.3 Å². The summed E-state index contributed by atoms with van der Waals surface area (Å²) >= 11 is -2.32. The Morgan fingerprint density at radius 1 is 0.905 bits per heavy atom. The maximum Gasteiger partial charge on any atom is 0.357 e. The standard InChI is InChI=1S/C13H20O7S/c1-16-6-7-17-8-9-18-10-11-19-12-2-4-13(5-3-12)20-21(14)15/h2-5H,6-11H2,1H3,(H,14,15). The molecule has 8 heteroatoms. The molecule has 0 aliphatic rings. The lowest BCUT2D eigenvalue weighted by atomic mass is 10.3. The van der Waals surface area contributed by atoms with Gasteiger partial charge in [0.25, 0.3) is 0 Å². The molecule has 120 valence electrons. The highest BCUT2D eigenvalue weighted by Crippen LogP contribution is 2.17. The van der Waals surface area contributed by atoms with E-state index in [0.717, 1.165) is 0 Å². The van der Waals surface area contributed by atoms with Crippen LogP contribution in [0.25, 0.3) is 0 Å². The van der Waals surface area contributed by atoms with Crippen molar-refractivity contribution in [2.45, 2.75) is 0 Å². The van der Waals surface area contributed by atoms with Crippen molar-refractivity contribution in [1.29, 1.82) is 0 Å². The molecule has 1 aromatic carbocycles. The molecule has 1 unspecified atom stereocenters. The normalized spacial score (nSPS) is 12.1. The summed E-state index contributed by atoms with van der Waals surface area (Å²) in [5, 5.41) is 0. The van der Waals surface area contributed by atoms with Gasteiger partial charge >= 0.3 is 11.4 Å². The van der Waals surface area contributed by atoms with Crippen molar-refractivity contribution in [3.63, 3.8) is 0 Å². The largest absolute Gasteiger partial charge is 0.491 e. The van der Waals surface area contributed by atoms with Crippen LogP contribution >= 0.6 is 0 Å². The molecular weight excluding hydrogens is 300 g/mol. The molecule has 0 aromatic heterocycles. The molecule has 0 saturated carbocycles. The summed E-state index contributed by atoms with van der Waals surface area (Å²) in [5.41, 5.74) is 0. The van der Waals surface area contributed by atoms with Gasteiger partial charge in [0.05, 0.1) is 33.0 Å². The summed E-state index contributed by atoms with van der Waals surface area (Å²) in [7, 11) is 1.62. The summed E-state index contributed by atoms with van der Waals surface area (Å²) in [4.78, 5) is 0. The van der Waals surface area contributed by atoms with Gasteiger partial charge in [-0.15, -0.1) is 0 Å². The highest BCUT2D eigenvalue weighted by molar-refractivity contribution is 7.74. The van der Waals surface area contributed by atoms with E-state index >= 15 is 0 Å². The van der Waals surface area contributed by atoms with Crippen LogP contribution in [-0.4, -0.2) is 55.5 Å². The molecule has 0 fully saturated rings. The first-order valence-electron chi connectivity index (χ1n) is 6.39. The van der Waals surface area contributed by atoms with E-state index in [1.807, 2.05) is 0 Å². The predicted octanol–water partition coefficient (Wildman–Crippen LogP) is 1.26. The lowest BCUT2D eigenvalue weighted by molar-refractivity contribution is 0.0180. The number of hydrogen-bond acceptors (Lipinski definition) is 6. The Labute approximate surface area is 126 Å². The van der Waals surface area contributed by atoms with E-state index in [-0.39, 0.29) is 0 Å². The molecule has 1 atom stereocenters. The van der Waals surface area contributed by atoms with Crippen molar-refractivity contribution < 1.29 is 31.9 Å². The van der Waals surface area contributed by atoms with Crippen LogP contribution in [-0.2, 0) is 25.6 Å². The topological polar surface area (TPSA) is 83.5 Å². The Kier molecular flexibility index (Phi) is 9.75. The minimum atomic E-state index is -2.32. The van der Waals surface area contributed by atoms with E-state index < -0.39 is 11.4 Å². The molecule has 0 heterocycles. The highest BCUT2D eigenvalue weighted by Gasteiger charge is 1.99. The van der Waals surface area contributed by atoms with Gasteiger partial charge in [0, 0.05) is 7.11 Å². The molecule has 0 aliphatic carbocycles. The van der Waals surface area contributed by atoms with E-state index in [9.17, 15) is 4.21 Å². The zero-order valence-corrected chi connectivity index (χ0v) is 12.7. The highest BCUT2D eigenvalue weighted by atomic mass is 32.2. The van der Waals surface area contributed by atoms with Crippen LogP contribution in [0, 0.1) is 0 Å². The smallest absolute Gasteiger partial charge is 0.357 e. The Balaban J connectivity index is 2.03. The van der Waals surface area contributed by atoms with Crippen molar-refractivity contribution in [2.24, 2.45) is 0 Å². The summed E-state index contributed by atoms with van der Waals surface area (Å²) in [6.07, 6.45) is 0. The minimum Gasteiger partial charge on any atom is -0.491 e. The fourth-order valence-electron chi connectivity index (χ4n) is 1.36. The number of benzene rings is 1. The lowest BCUT2D eigenvalue weighted by Gasteiger charge is -2.08. The SMILES string of the molecule is COCCOCCOCCOc1ccc(OS(=O)O)cc1. The van der Waals surface area contributed by atoms with Gasteiger partial charge in [-0.25, -0.2) is 0 Å². The second-order valence-corrected chi connectivity index (χ2v) is 4.44. The second kappa shape index (κ2) is 11.5. The van der Waals surface area contributed by atoms with E-state index in [1.165, 1.54) is 0 Å². The summed E-state index contributed by atoms with van der Waals surface area (Å²) in [5.74, 6) is 0.929. The first kappa shape index (κ1) is 17.9. The van der Waals surface area contributed by atoms with E-state index in [4.69, 9.17) is 23.5 Å². The molecule has 0 amide bonds. The average molecular weight is 320 g/mol. The third kappa shape index (κ3) is 9.38. The van der Waals surface area contributed by atoms with Crippen LogP contribution in [0.3, 0.4) is 0 Å². The van der Waals surface area contributed by atoms with Gasteiger partial charge < -0.3 is 23.1 Å². The van der Waals surface area contributed by atoms with Crippen molar-refractivity contribution >= 4 is 11.4 Å². The van der Waals surface area contributed by atoms with Crippen LogP contribution in [0.2, 0.25) is 0 Å². The number of methoxy groups -OCH3 is 1. The van der Waals surface area contributed by atoms with Crippen molar-refractivity contribution in [2.75, 3.05) is 46.8 Å². The van der Waals surface area contributed by atoms with E-state index in [0.29, 0.717) is 51.1 Å². The van der Waals surface area contributed by atoms with Crippen LogP contribution in [0.4, 0.5) is 0 Å². The quantitative estimate of drug-likeness (QED) is 0.458. The first-order valence-corrected chi connectivity index (χ1v) is 7.42. The van der Waals surface area contributed by atoms with Gasteiger partial charge in [-0.2, -0.15) is 4.21 Å². The summed E-state index contributed by atoms with van der Waals surface area (Å²) in [6.45, 7) is 3.02. The number of rotatable bonds is 12. The molecular formula is C13H20O7S. The molecule has 1 rings (SSSR count). The monoisotopic (exact) mass is 320 g/mol. The maximum atomic E-state index is 10.4. The molecule has 21 heavy (non-hydrogen) atoms. The lowest BCUT2D eigenvalue weighted by Crippen LogP contribution is -2.12. The molecule has 0 spiro atoms. The van der Waals surface area contributed by atoms with Crippen LogP contribution in [0.15, 0.2) is 24.3 Å². The number of ether oxygens (including phenoxy) is 4. The van der Waals surface area contributed by atoms with Gasteiger partial charge in [-0.3, -0.25) is 4.55 Å². The molecule has 0 aliphatic heterocycles. The Bertz CT molecular complexity index is 396. The zero-order chi connectivity index (χ0) is 15.3. The van der Waals surface area contributed by atoms with Crippen molar-refractivity contribution in [1.82, 2.24) is 0 Å². The second-order valence-electron chi connectivity index (χ2n) is 3.84. The van der Waals surface area contributed by atoms with E-state index in [1.54, 1.807) is 31.4 Å². The van der Waals surface area contributed by atoms with Gasteiger partial charge in [0.15, 0.2) is 0 Å². The Hall–Kier alpha value is -1.19. The fourth-order valence-corrected chi connectivity index (χ4v) is 1.63. The molecule has 1 aromatic rings. The summed E-state index contributed by atoms with van der Waals surface area (Å²) < 4.78 is 44.4. The molecule has 7 nitrogen and oxygen atoms in total. The average Bonchev–Trinajstić information content (AvgIpc) is 2.47. The molecule has 1 N–H and O–H groups in total. The van der Waals surface area contributed by atoms with Gasteiger partial charge in [-0.1, -0.05) is 0 Å². The van der Waals surface area contributed by atoms with Crippen molar-refractivity contribution in [3.8, 4) is 11.5 Å². The number of hydrogen-bond donors (Lipinski definition) is 1. The summed E-state index contributed by atoms with van der Waals surface area (Å²) in [6, 6.07) is 6.40. The van der Waals surface area contributed by atoms with Crippen LogP contribution in [0.1, 0.15) is 0 Å². The van der Waals surface area contributed by atoms with Crippen LogP contribution < -0.4 is 8.92 Å².